The fourth-order valence-electron chi connectivity index (χ4n) is 5.88. The number of carbonyl (C=O) groups excluding carboxylic acids is 1. The van der Waals surface area contributed by atoms with Crippen molar-refractivity contribution in [3.63, 3.8) is 0 Å². The summed E-state index contributed by atoms with van der Waals surface area (Å²) in [5.74, 6) is -0.292. The number of anilines is 1. The molecule has 3 heterocycles. The second kappa shape index (κ2) is 14.2. The lowest BCUT2D eigenvalue weighted by molar-refractivity contribution is -0.150. The monoisotopic (exact) mass is 632 g/mol. The van der Waals surface area contributed by atoms with Crippen LogP contribution in [0.5, 0.6) is 5.75 Å². The molecule has 12 heteroatoms. The minimum Gasteiger partial charge on any atom is -0.482 e. The van der Waals surface area contributed by atoms with Gasteiger partial charge in [-0.15, -0.1) is 0 Å². The predicted octanol–water partition coefficient (Wildman–Crippen LogP) is 6.34. The van der Waals surface area contributed by atoms with E-state index in [-0.39, 0.29) is 29.0 Å². The normalized spacial score (nSPS) is 18.1. The number of nitrogen functional groups attached to an aromatic ring is 1. The maximum absolute atomic E-state index is 14.1. The number of benzene rings is 1. The van der Waals surface area contributed by atoms with E-state index in [9.17, 15) is 9.18 Å². The maximum Gasteiger partial charge on any atom is 0.323 e. The van der Waals surface area contributed by atoms with Gasteiger partial charge >= 0.3 is 5.97 Å². The van der Waals surface area contributed by atoms with Gasteiger partial charge in [0.1, 0.15) is 24.1 Å². The number of ether oxygens (including phenoxy) is 2. The summed E-state index contributed by atoms with van der Waals surface area (Å²) in [5, 5.41) is 4.85. The van der Waals surface area contributed by atoms with Crippen LogP contribution in [0.1, 0.15) is 76.0 Å². The number of rotatable bonds is 11. The molecule has 1 saturated heterocycles. The van der Waals surface area contributed by atoms with Gasteiger partial charge in [-0.1, -0.05) is 23.2 Å². The molecule has 1 aromatic carbocycles. The number of nitrogens with zero attached hydrogens (tertiary/aromatic N) is 4. The van der Waals surface area contributed by atoms with E-state index in [4.69, 9.17) is 44.1 Å². The van der Waals surface area contributed by atoms with Crippen molar-refractivity contribution in [3.05, 3.63) is 58.2 Å². The number of hydrogen-bond acceptors (Lipinski definition) is 8. The third-order valence-electron chi connectivity index (χ3n) is 8.41. The van der Waals surface area contributed by atoms with E-state index < -0.39 is 18.0 Å². The molecular formula is C31H39Cl2FN6O3. The summed E-state index contributed by atoms with van der Waals surface area (Å²) in [6.07, 6.45) is 12.5. The van der Waals surface area contributed by atoms with Crippen LogP contribution in [0.2, 0.25) is 10.0 Å². The zero-order chi connectivity index (χ0) is 30.5. The number of pyridine rings is 1. The first kappa shape index (κ1) is 31.5. The van der Waals surface area contributed by atoms with Crippen LogP contribution in [0.3, 0.4) is 0 Å². The molecule has 43 heavy (non-hydrogen) atoms. The predicted molar refractivity (Wildman–Crippen MR) is 166 cm³/mol. The molecule has 3 aromatic rings. The molecule has 1 saturated carbocycles. The van der Waals surface area contributed by atoms with Crippen LogP contribution in [0.15, 0.2) is 36.8 Å². The van der Waals surface area contributed by atoms with Gasteiger partial charge in [0.2, 0.25) is 0 Å². The Balaban J connectivity index is 1.12. The number of esters is 1. The second-order valence-electron chi connectivity index (χ2n) is 11.5. The Bertz CT molecular complexity index is 1410. The van der Waals surface area contributed by atoms with Gasteiger partial charge in [0.15, 0.2) is 11.6 Å². The number of aromatic nitrogens is 3. The zero-order valence-corrected chi connectivity index (χ0v) is 25.9. The van der Waals surface area contributed by atoms with Crippen LogP contribution in [0, 0.1) is 5.82 Å². The highest BCUT2D eigenvalue weighted by Gasteiger charge is 2.25. The fraction of sp³-hybridized carbons (Fsp3) is 0.516. The van der Waals surface area contributed by atoms with Gasteiger partial charge in [-0.25, -0.2) is 9.37 Å². The first-order valence-corrected chi connectivity index (χ1v) is 15.7. The fourth-order valence-corrected chi connectivity index (χ4v) is 6.55. The van der Waals surface area contributed by atoms with Gasteiger partial charge in [0.05, 0.1) is 17.3 Å². The summed E-state index contributed by atoms with van der Waals surface area (Å²) in [7, 11) is 0. The first-order chi connectivity index (χ1) is 20.7. The lowest BCUT2D eigenvalue weighted by Crippen LogP contribution is -2.38. The van der Waals surface area contributed by atoms with Crippen molar-refractivity contribution in [2.45, 2.75) is 82.6 Å². The largest absolute Gasteiger partial charge is 0.482 e. The Morgan fingerprint density at radius 2 is 1.88 bits per heavy atom. The highest BCUT2D eigenvalue weighted by Crippen LogP contribution is 2.37. The molecule has 5 rings (SSSR count). The lowest BCUT2D eigenvalue weighted by Gasteiger charge is -2.32. The first-order valence-electron chi connectivity index (χ1n) is 15.0. The van der Waals surface area contributed by atoms with Gasteiger partial charge in [0, 0.05) is 47.2 Å². The molecule has 0 amide bonds. The van der Waals surface area contributed by atoms with Crippen molar-refractivity contribution < 1.29 is 18.7 Å². The molecule has 9 nitrogen and oxygen atoms in total. The van der Waals surface area contributed by atoms with Crippen molar-refractivity contribution in [2.24, 2.45) is 5.73 Å². The van der Waals surface area contributed by atoms with Crippen molar-refractivity contribution >= 4 is 35.0 Å². The highest BCUT2D eigenvalue weighted by atomic mass is 35.5. The molecule has 1 aliphatic heterocycles. The molecule has 2 atom stereocenters. The van der Waals surface area contributed by atoms with Crippen LogP contribution in [0.25, 0.3) is 11.1 Å². The molecule has 4 N–H and O–H groups in total. The van der Waals surface area contributed by atoms with E-state index in [1.807, 2.05) is 10.9 Å². The molecule has 2 fully saturated rings. The lowest BCUT2D eigenvalue weighted by atomic mass is 10.0. The SMILES string of the molecule is CC(Oc1cc(-c2cnn(C3CCN(CCC[C@H](N)C(=O)OC4CCCC4)CC3)c2)cnc1N)c1c(Cl)ccc(F)c1Cl. The van der Waals surface area contributed by atoms with E-state index in [0.29, 0.717) is 22.8 Å². The third-order valence-corrected chi connectivity index (χ3v) is 9.13. The van der Waals surface area contributed by atoms with Crippen LogP contribution in [0.4, 0.5) is 10.2 Å². The number of piperidine rings is 1. The minimum atomic E-state index is -0.663. The van der Waals surface area contributed by atoms with Gasteiger partial charge in [0.25, 0.3) is 0 Å². The number of hydrogen-bond donors (Lipinski definition) is 2. The Labute approximate surface area is 261 Å². The Hall–Kier alpha value is -2.92. The smallest absolute Gasteiger partial charge is 0.323 e. The van der Waals surface area contributed by atoms with Crippen molar-refractivity contribution in [1.82, 2.24) is 19.7 Å². The van der Waals surface area contributed by atoms with Crippen molar-refractivity contribution in [2.75, 3.05) is 25.4 Å². The van der Waals surface area contributed by atoms with E-state index in [1.165, 1.54) is 12.1 Å². The van der Waals surface area contributed by atoms with Crippen LogP contribution >= 0.6 is 23.2 Å². The van der Waals surface area contributed by atoms with Gasteiger partial charge < -0.3 is 25.8 Å². The van der Waals surface area contributed by atoms with E-state index in [1.54, 1.807) is 25.4 Å². The molecular weight excluding hydrogens is 594 g/mol. The topological polar surface area (TPSA) is 122 Å². The van der Waals surface area contributed by atoms with Crippen LogP contribution < -0.4 is 16.2 Å². The van der Waals surface area contributed by atoms with Crippen molar-refractivity contribution in [1.29, 1.82) is 0 Å². The summed E-state index contributed by atoms with van der Waals surface area (Å²) in [5.41, 5.74) is 14.2. The van der Waals surface area contributed by atoms with E-state index >= 15 is 0 Å². The summed E-state index contributed by atoms with van der Waals surface area (Å²) in [6, 6.07) is 4.18. The van der Waals surface area contributed by atoms with Crippen LogP contribution in [-0.4, -0.2) is 57.4 Å². The average Bonchev–Trinajstić information content (AvgIpc) is 3.70. The van der Waals surface area contributed by atoms with Crippen molar-refractivity contribution in [3.8, 4) is 16.9 Å². The third kappa shape index (κ3) is 7.78. The zero-order valence-electron chi connectivity index (χ0n) is 24.4. The number of halogens is 3. The van der Waals surface area contributed by atoms with Crippen LogP contribution in [-0.2, 0) is 9.53 Å². The van der Waals surface area contributed by atoms with Gasteiger partial charge in [-0.05, 0) is 83.0 Å². The molecule has 1 unspecified atom stereocenters. The standard InChI is InChI=1S/C31H39Cl2FN6O3/c1-19(28-24(32)8-9-25(34)29(28)33)42-27-15-20(16-37-30(27)36)21-17-38-40(18-21)22-10-13-39(14-11-22)12-4-7-26(35)31(41)43-23-5-2-3-6-23/h8-9,15-19,22-23,26H,2-7,10-14,35H2,1H3,(H2,36,37)/t19?,26-/m0/s1. The highest BCUT2D eigenvalue weighted by molar-refractivity contribution is 6.36. The molecule has 2 aliphatic rings. The molecule has 0 bridgehead atoms. The minimum absolute atomic E-state index is 0.0572. The molecule has 0 spiro atoms. The maximum atomic E-state index is 14.1. The second-order valence-corrected chi connectivity index (χ2v) is 12.3. The number of nitrogens with two attached hydrogens (primary N) is 2. The summed E-state index contributed by atoms with van der Waals surface area (Å²) in [6.45, 7) is 4.53. The number of likely N-dealkylation sites (tertiary alicyclic amines) is 1. The molecule has 0 radical (unpaired) electrons. The van der Waals surface area contributed by atoms with Gasteiger partial charge in [-0.2, -0.15) is 5.10 Å². The Morgan fingerprint density at radius 1 is 1.14 bits per heavy atom. The Morgan fingerprint density at radius 3 is 2.63 bits per heavy atom. The summed E-state index contributed by atoms with van der Waals surface area (Å²) >= 11 is 12.4. The molecule has 2 aromatic heterocycles. The molecule has 1 aliphatic carbocycles. The number of carbonyl (C=O) groups is 1. The Kier molecular flexibility index (Phi) is 10.4. The molecule has 232 valence electrons. The quantitative estimate of drug-likeness (QED) is 0.185. The van der Waals surface area contributed by atoms with Gasteiger partial charge in [-0.3, -0.25) is 9.48 Å². The average molecular weight is 634 g/mol. The van der Waals surface area contributed by atoms with E-state index in [2.05, 4.69) is 15.0 Å². The summed E-state index contributed by atoms with van der Waals surface area (Å²) in [4.78, 5) is 19.0. The summed E-state index contributed by atoms with van der Waals surface area (Å²) < 4.78 is 27.7. The van der Waals surface area contributed by atoms with E-state index in [0.717, 1.165) is 75.7 Å².